The Labute approximate surface area is 112 Å². The Kier molecular flexibility index (Phi) is 3.44. The smallest absolute Gasteiger partial charge is 0.263 e. The number of aryl methyl sites for hydroxylation is 2. The summed E-state index contributed by atoms with van der Waals surface area (Å²) >= 11 is 0. The minimum absolute atomic E-state index is 0.0496. The van der Waals surface area contributed by atoms with Gasteiger partial charge in [-0.2, -0.15) is 0 Å². The number of hydrogen-bond donors (Lipinski definition) is 2. The van der Waals surface area contributed by atoms with Gasteiger partial charge < -0.3 is 5.11 Å². The molecule has 1 heterocycles. The van der Waals surface area contributed by atoms with Gasteiger partial charge in [0.2, 0.25) is 0 Å². The Bertz CT molecular complexity index is 697. The fourth-order valence-corrected chi connectivity index (χ4v) is 2.77. The average molecular weight is 278 g/mol. The van der Waals surface area contributed by atoms with Gasteiger partial charge in [-0.25, -0.2) is 8.42 Å². The van der Waals surface area contributed by atoms with E-state index in [-0.39, 0.29) is 16.3 Å². The van der Waals surface area contributed by atoms with E-state index >= 15 is 0 Å². The number of sulfonamides is 1. The molecule has 19 heavy (non-hydrogen) atoms. The number of pyridine rings is 1. The molecule has 5 nitrogen and oxygen atoms in total. The van der Waals surface area contributed by atoms with E-state index in [0.29, 0.717) is 5.56 Å². The van der Waals surface area contributed by atoms with Gasteiger partial charge in [-0.15, -0.1) is 0 Å². The average Bonchev–Trinajstić information content (AvgIpc) is 2.36. The summed E-state index contributed by atoms with van der Waals surface area (Å²) in [6.45, 7) is 3.54. The molecule has 2 aromatic rings. The third-order valence-electron chi connectivity index (χ3n) is 2.63. The minimum atomic E-state index is -3.74. The molecule has 0 aliphatic heterocycles. The number of benzene rings is 1. The van der Waals surface area contributed by atoms with Crippen LogP contribution in [0.4, 0.5) is 5.69 Å². The Balaban J connectivity index is 2.42. The van der Waals surface area contributed by atoms with Crippen LogP contribution in [0.15, 0.2) is 41.6 Å². The van der Waals surface area contributed by atoms with E-state index in [0.717, 1.165) is 5.56 Å². The van der Waals surface area contributed by atoms with Gasteiger partial charge in [0.25, 0.3) is 10.0 Å². The summed E-state index contributed by atoms with van der Waals surface area (Å²) in [6, 6.07) is 6.33. The molecule has 100 valence electrons. The highest BCUT2D eigenvalue weighted by atomic mass is 32.2. The lowest BCUT2D eigenvalue weighted by Gasteiger charge is -2.12. The van der Waals surface area contributed by atoms with Gasteiger partial charge in [-0.1, -0.05) is 6.07 Å². The molecule has 0 amide bonds. The number of aromatic hydroxyl groups is 1. The number of aromatic nitrogens is 1. The largest absolute Gasteiger partial charge is 0.505 e. The number of rotatable bonds is 3. The highest BCUT2D eigenvalue weighted by Crippen LogP contribution is 2.30. The predicted molar refractivity (Wildman–Crippen MR) is 72.6 cm³/mol. The molecule has 0 saturated heterocycles. The van der Waals surface area contributed by atoms with Gasteiger partial charge >= 0.3 is 0 Å². The third kappa shape index (κ3) is 2.85. The molecule has 0 fully saturated rings. The molecular formula is C13H14N2O3S. The summed E-state index contributed by atoms with van der Waals surface area (Å²) in [7, 11) is -3.74. The fraction of sp³-hybridized carbons (Fsp3) is 0.154. The molecule has 0 unspecified atom stereocenters. The van der Waals surface area contributed by atoms with Crippen LogP contribution in [0.5, 0.6) is 5.75 Å². The second-order valence-electron chi connectivity index (χ2n) is 4.27. The van der Waals surface area contributed by atoms with Crippen molar-refractivity contribution in [1.82, 2.24) is 4.98 Å². The van der Waals surface area contributed by atoms with Crippen molar-refractivity contribution in [3.63, 3.8) is 0 Å². The van der Waals surface area contributed by atoms with Gasteiger partial charge in [0, 0.05) is 12.4 Å². The maximum absolute atomic E-state index is 12.1. The maximum Gasteiger partial charge on any atom is 0.263 e. The van der Waals surface area contributed by atoms with Crippen LogP contribution in [-0.2, 0) is 10.0 Å². The lowest BCUT2D eigenvalue weighted by molar-refractivity contribution is 0.473. The van der Waals surface area contributed by atoms with Crippen LogP contribution in [0.1, 0.15) is 11.1 Å². The Morgan fingerprint density at radius 2 is 2.00 bits per heavy atom. The number of phenols is 1. The molecule has 1 aromatic heterocycles. The first-order valence-electron chi connectivity index (χ1n) is 5.63. The molecule has 0 radical (unpaired) electrons. The van der Waals surface area contributed by atoms with Gasteiger partial charge in [-0.3, -0.25) is 9.71 Å². The first-order chi connectivity index (χ1) is 8.90. The molecule has 0 bridgehead atoms. The van der Waals surface area contributed by atoms with Gasteiger partial charge in [0.15, 0.2) is 0 Å². The van der Waals surface area contributed by atoms with E-state index in [1.807, 2.05) is 6.92 Å². The van der Waals surface area contributed by atoms with E-state index < -0.39 is 10.0 Å². The second kappa shape index (κ2) is 4.89. The molecule has 0 saturated carbocycles. The van der Waals surface area contributed by atoms with Crippen molar-refractivity contribution in [1.29, 1.82) is 0 Å². The number of phenolic OH excluding ortho intramolecular Hbond substituents is 1. The standard InChI is InChI=1S/C13H14N2O3S/c1-9-6-10(2)13(16)12(7-9)15-19(17,18)11-4-3-5-14-8-11/h3-8,15-16H,1-2H3. The Morgan fingerprint density at radius 1 is 1.26 bits per heavy atom. The van der Waals surface area contributed by atoms with Crippen LogP contribution < -0.4 is 4.72 Å². The lowest BCUT2D eigenvalue weighted by atomic mass is 10.1. The van der Waals surface area contributed by atoms with Crippen molar-refractivity contribution in [3.8, 4) is 5.75 Å². The van der Waals surface area contributed by atoms with E-state index in [1.165, 1.54) is 24.5 Å². The fourth-order valence-electron chi connectivity index (χ4n) is 1.75. The van der Waals surface area contributed by atoms with Crippen LogP contribution in [-0.4, -0.2) is 18.5 Å². The molecule has 0 atom stereocenters. The zero-order valence-electron chi connectivity index (χ0n) is 10.6. The first kappa shape index (κ1) is 13.4. The third-order valence-corrected chi connectivity index (χ3v) is 3.98. The van der Waals surface area contributed by atoms with Crippen molar-refractivity contribution in [2.24, 2.45) is 0 Å². The highest BCUT2D eigenvalue weighted by Gasteiger charge is 2.17. The van der Waals surface area contributed by atoms with E-state index in [2.05, 4.69) is 9.71 Å². The summed E-state index contributed by atoms with van der Waals surface area (Å²) in [4.78, 5) is 3.82. The first-order valence-corrected chi connectivity index (χ1v) is 7.11. The molecule has 1 aromatic carbocycles. The summed E-state index contributed by atoms with van der Waals surface area (Å²) in [6.07, 6.45) is 2.75. The summed E-state index contributed by atoms with van der Waals surface area (Å²) in [5.74, 6) is -0.0712. The van der Waals surface area contributed by atoms with Crippen LogP contribution in [0.3, 0.4) is 0 Å². The van der Waals surface area contributed by atoms with E-state index in [1.54, 1.807) is 19.1 Å². The number of nitrogens with one attached hydrogen (secondary N) is 1. The summed E-state index contributed by atoms with van der Waals surface area (Å²) in [5, 5.41) is 9.89. The summed E-state index contributed by atoms with van der Waals surface area (Å²) in [5.41, 5.74) is 1.64. The number of anilines is 1. The number of hydrogen-bond acceptors (Lipinski definition) is 4. The molecule has 0 aliphatic rings. The van der Waals surface area contributed by atoms with Crippen molar-refractivity contribution >= 4 is 15.7 Å². The lowest BCUT2D eigenvalue weighted by Crippen LogP contribution is -2.13. The van der Waals surface area contributed by atoms with Crippen LogP contribution in [0.25, 0.3) is 0 Å². The minimum Gasteiger partial charge on any atom is -0.505 e. The van der Waals surface area contributed by atoms with Crippen molar-refractivity contribution in [3.05, 3.63) is 47.8 Å². The van der Waals surface area contributed by atoms with Gasteiger partial charge in [0.05, 0.1) is 5.69 Å². The topological polar surface area (TPSA) is 79.3 Å². The number of nitrogens with zero attached hydrogens (tertiary/aromatic N) is 1. The maximum atomic E-state index is 12.1. The quantitative estimate of drug-likeness (QED) is 0.844. The molecule has 0 aliphatic carbocycles. The van der Waals surface area contributed by atoms with E-state index in [9.17, 15) is 13.5 Å². The highest BCUT2D eigenvalue weighted by molar-refractivity contribution is 7.92. The zero-order valence-corrected chi connectivity index (χ0v) is 11.4. The van der Waals surface area contributed by atoms with Crippen LogP contribution in [0, 0.1) is 13.8 Å². The zero-order chi connectivity index (χ0) is 14.0. The van der Waals surface area contributed by atoms with Crippen LogP contribution in [0.2, 0.25) is 0 Å². The van der Waals surface area contributed by atoms with E-state index in [4.69, 9.17) is 0 Å². The molecular weight excluding hydrogens is 264 g/mol. The molecule has 6 heteroatoms. The van der Waals surface area contributed by atoms with Crippen molar-refractivity contribution in [2.75, 3.05) is 4.72 Å². The van der Waals surface area contributed by atoms with Crippen LogP contribution >= 0.6 is 0 Å². The normalized spacial score (nSPS) is 11.3. The Morgan fingerprint density at radius 3 is 2.63 bits per heavy atom. The Hall–Kier alpha value is -2.08. The SMILES string of the molecule is Cc1cc(C)c(O)c(NS(=O)(=O)c2cccnc2)c1. The molecule has 2 rings (SSSR count). The predicted octanol–water partition coefficient (Wildman–Crippen LogP) is 2.20. The van der Waals surface area contributed by atoms with Gasteiger partial charge in [-0.05, 0) is 43.2 Å². The molecule has 2 N–H and O–H groups in total. The summed E-state index contributed by atoms with van der Waals surface area (Å²) < 4.78 is 26.6. The second-order valence-corrected chi connectivity index (χ2v) is 5.95. The van der Waals surface area contributed by atoms with Gasteiger partial charge in [0.1, 0.15) is 10.6 Å². The monoisotopic (exact) mass is 278 g/mol. The molecule has 0 spiro atoms. The van der Waals surface area contributed by atoms with Crippen molar-refractivity contribution in [2.45, 2.75) is 18.7 Å². The van der Waals surface area contributed by atoms with Crippen molar-refractivity contribution < 1.29 is 13.5 Å².